The highest BCUT2D eigenvalue weighted by molar-refractivity contribution is 14.1. The molecular weight excluding hydrogens is 473 g/mol. The molecule has 0 aliphatic carbocycles. The Labute approximate surface area is 165 Å². The number of amides is 1. The monoisotopic (exact) mass is 488 g/mol. The molecule has 0 bridgehead atoms. The van der Waals surface area contributed by atoms with Crippen LogP contribution in [0.15, 0.2) is 18.2 Å². The Kier molecular flexibility index (Phi) is 5.58. The van der Waals surface area contributed by atoms with Gasteiger partial charge in [-0.15, -0.1) is 0 Å². The van der Waals surface area contributed by atoms with Crippen molar-refractivity contribution in [3.8, 4) is 0 Å². The zero-order valence-electron chi connectivity index (χ0n) is 14.0. The summed E-state index contributed by atoms with van der Waals surface area (Å²) >= 11 is 2.12. The van der Waals surface area contributed by atoms with Gasteiger partial charge in [0.2, 0.25) is 0 Å². The molecule has 0 aliphatic rings. The summed E-state index contributed by atoms with van der Waals surface area (Å²) in [5.41, 5.74) is 1.42. The van der Waals surface area contributed by atoms with Crippen LogP contribution in [0.2, 0.25) is 0 Å². The maximum atomic E-state index is 14.8. The molecule has 3 aromatic rings. The summed E-state index contributed by atoms with van der Waals surface area (Å²) < 4.78 is 30.3. The Hall–Kier alpha value is -2.31. The molecule has 0 unspecified atom stereocenters. The summed E-state index contributed by atoms with van der Waals surface area (Å²) in [5, 5.41) is 20.9. The average Bonchev–Trinajstić information content (AvgIpc) is 3.05. The molecule has 0 saturated heterocycles. The molecule has 2 aromatic carbocycles. The van der Waals surface area contributed by atoms with E-state index in [0.717, 1.165) is 9.13 Å². The van der Waals surface area contributed by atoms with Gasteiger partial charge in [-0.2, -0.15) is 0 Å². The summed E-state index contributed by atoms with van der Waals surface area (Å²) in [5.74, 6) is -3.41. The van der Waals surface area contributed by atoms with Crippen LogP contribution < -0.4 is 10.8 Å². The summed E-state index contributed by atoms with van der Waals surface area (Å²) in [6.07, 6.45) is 0.0644. The SMILES string of the molecule is Cc1cc(I)ccc1Nc1c(F)c(F)c2nc(CCO)[nH]c2c1C(=O)NO. The molecule has 0 saturated carbocycles. The van der Waals surface area contributed by atoms with E-state index >= 15 is 0 Å². The van der Waals surface area contributed by atoms with Crippen LogP contribution in [0.3, 0.4) is 0 Å². The van der Waals surface area contributed by atoms with Crippen LogP contribution in [0.4, 0.5) is 20.2 Å². The van der Waals surface area contributed by atoms with Crippen molar-refractivity contribution in [2.24, 2.45) is 0 Å². The maximum Gasteiger partial charge on any atom is 0.279 e. The number of aryl methyl sites for hydroxylation is 1. The average molecular weight is 488 g/mol. The van der Waals surface area contributed by atoms with E-state index in [0.29, 0.717) is 5.69 Å². The second-order valence-corrected chi connectivity index (χ2v) is 7.03. The molecule has 0 atom stereocenters. The summed E-state index contributed by atoms with van der Waals surface area (Å²) in [7, 11) is 0. The number of benzene rings is 2. The minimum atomic E-state index is -1.30. The number of halogens is 3. The number of nitrogens with zero attached hydrogens (tertiary/aromatic N) is 1. The first-order valence-corrected chi connectivity index (χ1v) is 8.93. The van der Waals surface area contributed by atoms with E-state index in [-0.39, 0.29) is 35.4 Å². The number of carbonyl (C=O) groups excluding carboxylic acids is 1. The van der Waals surface area contributed by atoms with Gasteiger partial charge in [0.25, 0.3) is 5.91 Å². The first-order chi connectivity index (χ1) is 12.9. The molecule has 0 fully saturated rings. The largest absolute Gasteiger partial charge is 0.396 e. The molecule has 5 N–H and O–H groups in total. The highest BCUT2D eigenvalue weighted by Crippen LogP contribution is 2.34. The van der Waals surface area contributed by atoms with Crippen LogP contribution in [0.5, 0.6) is 0 Å². The predicted octanol–water partition coefficient (Wildman–Crippen LogP) is 3.15. The zero-order chi connectivity index (χ0) is 19.7. The number of H-pyrrole nitrogens is 1. The Balaban J connectivity index is 2.26. The van der Waals surface area contributed by atoms with Gasteiger partial charge in [0, 0.05) is 15.7 Å². The van der Waals surface area contributed by atoms with Gasteiger partial charge in [-0.25, -0.2) is 19.2 Å². The lowest BCUT2D eigenvalue weighted by atomic mass is 10.1. The van der Waals surface area contributed by atoms with Gasteiger partial charge in [-0.1, -0.05) is 0 Å². The van der Waals surface area contributed by atoms with Crippen molar-refractivity contribution in [3.05, 3.63) is 50.4 Å². The van der Waals surface area contributed by atoms with Crippen molar-refractivity contribution in [1.82, 2.24) is 15.4 Å². The van der Waals surface area contributed by atoms with Crippen molar-refractivity contribution in [2.45, 2.75) is 13.3 Å². The number of anilines is 2. The minimum Gasteiger partial charge on any atom is -0.396 e. The minimum absolute atomic E-state index is 0.0644. The molecule has 1 aromatic heterocycles. The molecule has 1 heterocycles. The second kappa shape index (κ2) is 7.74. The molecule has 7 nitrogen and oxygen atoms in total. The number of hydrogen-bond donors (Lipinski definition) is 5. The van der Waals surface area contributed by atoms with Gasteiger partial charge in [0.15, 0.2) is 11.6 Å². The van der Waals surface area contributed by atoms with E-state index in [1.54, 1.807) is 19.1 Å². The Morgan fingerprint density at radius 3 is 2.70 bits per heavy atom. The number of nitrogens with one attached hydrogen (secondary N) is 3. The van der Waals surface area contributed by atoms with E-state index in [1.165, 1.54) is 5.48 Å². The zero-order valence-corrected chi connectivity index (χ0v) is 16.2. The summed E-state index contributed by atoms with van der Waals surface area (Å²) in [6.45, 7) is 1.51. The van der Waals surface area contributed by atoms with Crippen molar-refractivity contribution in [1.29, 1.82) is 0 Å². The number of aliphatic hydroxyl groups is 1. The standard InChI is InChI=1S/C17H15F2IN4O3/c1-7-6-8(20)2-3-9(7)21-14-11(17(26)24-27)15-16(13(19)12(14)18)23-10(22-15)4-5-25/h2-3,6,21,25,27H,4-5H2,1H3,(H,22,23)(H,24,26). The molecule has 3 rings (SSSR count). The number of rotatable bonds is 5. The molecule has 0 radical (unpaired) electrons. The van der Waals surface area contributed by atoms with E-state index in [2.05, 4.69) is 37.9 Å². The lowest BCUT2D eigenvalue weighted by Gasteiger charge is -2.15. The summed E-state index contributed by atoms with van der Waals surface area (Å²) in [4.78, 5) is 18.8. The van der Waals surface area contributed by atoms with Crippen LogP contribution in [-0.2, 0) is 6.42 Å². The molecule has 142 valence electrons. The quantitative estimate of drug-likeness (QED) is 0.216. The lowest BCUT2D eigenvalue weighted by molar-refractivity contribution is 0.0708. The van der Waals surface area contributed by atoms with Crippen LogP contribution in [0, 0.1) is 22.1 Å². The number of fused-ring (bicyclic) bond motifs is 1. The molecule has 27 heavy (non-hydrogen) atoms. The fourth-order valence-electron chi connectivity index (χ4n) is 2.74. The van der Waals surface area contributed by atoms with Gasteiger partial charge in [-0.05, 0) is 53.3 Å². The van der Waals surface area contributed by atoms with Gasteiger partial charge in [0.1, 0.15) is 11.3 Å². The number of aliphatic hydroxyl groups excluding tert-OH is 1. The number of carbonyl (C=O) groups is 1. The predicted molar refractivity (Wildman–Crippen MR) is 103 cm³/mol. The number of hydrogen-bond acceptors (Lipinski definition) is 5. The van der Waals surface area contributed by atoms with Crippen molar-refractivity contribution in [2.75, 3.05) is 11.9 Å². The van der Waals surface area contributed by atoms with E-state index in [4.69, 9.17) is 10.3 Å². The third kappa shape index (κ3) is 3.59. The van der Waals surface area contributed by atoms with Crippen molar-refractivity contribution in [3.63, 3.8) is 0 Å². The molecular formula is C17H15F2IN4O3. The topological polar surface area (TPSA) is 110 Å². The molecule has 1 amide bonds. The molecule has 10 heteroatoms. The third-order valence-corrected chi connectivity index (χ3v) is 4.67. The van der Waals surface area contributed by atoms with E-state index in [9.17, 15) is 13.6 Å². The van der Waals surface area contributed by atoms with Crippen LogP contribution in [0.25, 0.3) is 11.0 Å². The fourth-order valence-corrected chi connectivity index (χ4v) is 3.38. The fraction of sp³-hybridized carbons (Fsp3) is 0.176. The Bertz CT molecular complexity index is 1040. The number of hydroxylamine groups is 1. The van der Waals surface area contributed by atoms with E-state index in [1.807, 2.05) is 6.07 Å². The summed E-state index contributed by atoms with van der Waals surface area (Å²) in [6, 6.07) is 5.27. The highest BCUT2D eigenvalue weighted by Gasteiger charge is 2.27. The van der Waals surface area contributed by atoms with Gasteiger partial charge in [-0.3, -0.25) is 10.0 Å². The Morgan fingerprint density at radius 1 is 1.33 bits per heavy atom. The van der Waals surface area contributed by atoms with Gasteiger partial charge in [0.05, 0.1) is 23.4 Å². The number of imidazole rings is 1. The van der Waals surface area contributed by atoms with Crippen molar-refractivity contribution >= 4 is 50.9 Å². The van der Waals surface area contributed by atoms with E-state index < -0.39 is 23.2 Å². The van der Waals surface area contributed by atoms with Crippen LogP contribution in [0.1, 0.15) is 21.7 Å². The maximum absolute atomic E-state index is 14.8. The van der Waals surface area contributed by atoms with Gasteiger partial charge >= 0.3 is 0 Å². The lowest BCUT2D eigenvalue weighted by Crippen LogP contribution is -2.21. The number of aromatic nitrogens is 2. The van der Waals surface area contributed by atoms with Crippen LogP contribution >= 0.6 is 22.6 Å². The second-order valence-electron chi connectivity index (χ2n) is 5.78. The number of aromatic amines is 1. The molecule has 0 aliphatic heterocycles. The first-order valence-electron chi connectivity index (χ1n) is 7.85. The molecule has 0 spiro atoms. The van der Waals surface area contributed by atoms with Crippen molar-refractivity contribution < 1.29 is 23.9 Å². The van der Waals surface area contributed by atoms with Crippen LogP contribution in [-0.4, -0.2) is 32.8 Å². The van der Waals surface area contributed by atoms with Gasteiger partial charge < -0.3 is 15.4 Å². The first kappa shape index (κ1) is 19.5. The highest BCUT2D eigenvalue weighted by atomic mass is 127. The smallest absolute Gasteiger partial charge is 0.279 e. The Morgan fingerprint density at radius 2 is 2.07 bits per heavy atom. The normalized spacial score (nSPS) is 11.0. The third-order valence-electron chi connectivity index (χ3n) is 4.00.